The number of amides is 2. The fourth-order valence-corrected chi connectivity index (χ4v) is 3.61. The zero-order valence-electron chi connectivity index (χ0n) is 15.9. The number of ketones is 1. The number of carbonyl (C=O) groups is 3. The summed E-state index contributed by atoms with van der Waals surface area (Å²) in [6, 6.07) is 17.2. The van der Waals surface area contributed by atoms with E-state index < -0.39 is 11.9 Å². The molecule has 2 amide bonds. The van der Waals surface area contributed by atoms with Crippen LogP contribution >= 0.6 is 0 Å². The summed E-state index contributed by atoms with van der Waals surface area (Å²) in [5.41, 5.74) is 8.94. The molecular formula is C23H20N2O4. The Balaban J connectivity index is 1.61. The van der Waals surface area contributed by atoms with Gasteiger partial charge in [0, 0.05) is 24.1 Å². The standard InChI is InChI=1S/C23H20N2O4/c1-14(26)15-6-8-16(9-7-15)20-10-11-21(29-20)23(28)25-13-18-5-3-2-4-17(18)12-19(25)22(24)27/h2-11,19H,12-13H2,1H3,(H2,24,27). The van der Waals surface area contributed by atoms with Crippen molar-refractivity contribution in [2.75, 3.05) is 0 Å². The fraction of sp³-hybridized carbons (Fsp3) is 0.174. The number of hydrogen-bond acceptors (Lipinski definition) is 4. The SMILES string of the molecule is CC(=O)c1ccc(-c2ccc(C(=O)N3Cc4ccccc4CC3C(N)=O)o2)cc1. The lowest BCUT2D eigenvalue weighted by atomic mass is 9.93. The van der Waals surface area contributed by atoms with E-state index in [9.17, 15) is 14.4 Å². The predicted molar refractivity (Wildman–Crippen MR) is 107 cm³/mol. The van der Waals surface area contributed by atoms with E-state index in [1.54, 1.807) is 36.4 Å². The van der Waals surface area contributed by atoms with Crippen molar-refractivity contribution in [3.05, 3.63) is 83.1 Å². The Morgan fingerprint density at radius 3 is 2.31 bits per heavy atom. The maximum atomic E-state index is 13.1. The number of rotatable bonds is 4. The third-order valence-electron chi connectivity index (χ3n) is 5.23. The van der Waals surface area contributed by atoms with E-state index in [2.05, 4.69) is 0 Å². The number of nitrogens with zero attached hydrogens (tertiary/aromatic N) is 1. The predicted octanol–water partition coefficient (Wildman–Crippen LogP) is 3.20. The minimum atomic E-state index is -0.721. The van der Waals surface area contributed by atoms with Gasteiger partial charge in [0.05, 0.1) is 0 Å². The Hall–Kier alpha value is -3.67. The van der Waals surface area contributed by atoms with Crippen LogP contribution in [0.15, 0.2) is 65.1 Å². The molecule has 0 saturated heterocycles. The maximum absolute atomic E-state index is 13.1. The van der Waals surface area contributed by atoms with Gasteiger partial charge in [-0.1, -0.05) is 48.5 Å². The highest BCUT2D eigenvalue weighted by Crippen LogP contribution is 2.28. The summed E-state index contributed by atoms with van der Waals surface area (Å²) in [5.74, 6) is -0.290. The summed E-state index contributed by atoms with van der Waals surface area (Å²) in [4.78, 5) is 38.0. The van der Waals surface area contributed by atoms with Crippen molar-refractivity contribution in [2.24, 2.45) is 5.73 Å². The van der Waals surface area contributed by atoms with Crippen molar-refractivity contribution in [1.82, 2.24) is 4.90 Å². The molecule has 1 aliphatic rings. The fourth-order valence-electron chi connectivity index (χ4n) is 3.61. The van der Waals surface area contributed by atoms with Gasteiger partial charge in [0.25, 0.3) is 5.91 Å². The number of nitrogens with two attached hydrogens (primary N) is 1. The van der Waals surface area contributed by atoms with Gasteiger partial charge in [0.15, 0.2) is 11.5 Å². The Labute approximate surface area is 167 Å². The van der Waals surface area contributed by atoms with Crippen molar-refractivity contribution in [3.63, 3.8) is 0 Å². The van der Waals surface area contributed by atoms with Crippen LogP contribution in [0, 0.1) is 0 Å². The quantitative estimate of drug-likeness (QED) is 0.695. The lowest BCUT2D eigenvalue weighted by Crippen LogP contribution is -2.51. The topological polar surface area (TPSA) is 93.6 Å². The van der Waals surface area contributed by atoms with E-state index in [-0.39, 0.29) is 17.5 Å². The summed E-state index contributed by atoms with van der Waals surface area (Å²) >= 11 is 0. The number of Topliss-reactive ketones (excluding diaryl/α,β-unsaturated/α-hetero) is 1. The molecule has 0 aliphatic carbocycles. The van der Waals surface area contributed by atoms with E-state index in [0.29, 0.717) is 24.3 Å². The molecule has 0 radical (unpaired) electrons. The summed E-state index contributed by atoms with van der Waals surface area (Å²) < 4.78 is 5.77. The first kappa shape index (κ1) is 18.7. The molecular weight excluding hydrogens is 368 g/mol. The Morgan fingerprint density at radius 1 is 0.966 bits per heavy atom. The van der Waals surface area contributed by atoms with Gasteiger partial charge in [0.2, 0.25) is 5.91 Å². The first-order valence-corrected chi connectivity index (χ1v) is 9.32. The van der Waals surface area contributed by atoms with Crippen molar-refractivity contribution in [2.45, 2.75) is 25.9 Å². The normalized spacial score (nSPS) is 15.6. The first-order valence-electron chi connectivity index (χ1n) is 9.32. The molecule has 4 rings (SSSR count). The summed E-state index contributed by atoms with van der Waals surface area (Å²) in [5, 5.41) is 0. The highest BCUT2D eigenvalue weighted by Gasteiger charge is 2.35. The molecule has 1 aromatic heterocycles. The third kappa shape index (κ3) is 3.57. The second-order valence-electron chi connectivity index (χ2n) is 7.12. The van der Waals surface area contributed by atoms with E-state index in [1.165, 1.54) is 11.8 Å². The number of furan rings is 1. The van der Waals surface area contributed by atoms with Crippen LogP contribution < -0.4 is 5.73 Å². The van der Waals surface area contributed by atoms with E-state index in [0.717, 1.165) is 16.7 Å². The Morgan fingerprint density at radius 2 is 1.66 bits per heavy atom. The molecule has 2 aromatic carbocycles. The van der Waals surface area contributed by atoms with Crippen LogP contribution in [0.3, 0.4) is 0 Å². The van der Waals surface area contributed by atoms with Crippen LogP contribution in [-0.4, -0.2) is 28.5 Å². The van der Waals surface area contributed by atoms with Gasteiger partial charge in [-0.15, -0.1) is 0 Å². The van der Waals surface area contributed by atoms with Crippen molar-refractivity contribution in [3.8, 4) is 11.3 Å². The Bertz CT molecular complexity index is 1100. The molecule has 0 bridgehead atoms. The van der Waals surface area contributed by atoms with E-state index in [1.807, 2.05) is 24.3 Å². The molecule has 6 nitrogen and oxygen atoms in total. The molecule has 0 fully saturated rings. The molecule has 6 heteroatoms. The molecule has 29 heavy (non-hydrogen) atoms. The second-order valence-corrected chi connectivity index (χ2v) is 7.12. The summed E-state index contributed by atoms with van der Waals surface area (Å²) in [7, 11) is 0. The lowest BCUT2D eigenvalue weighted by Gasteiger charge is -2.34. The minimum absolute atomic E-state index is 0.0188. The van der Waals surface area contributed by atoms with Gasteiger partial charge in [-0.2, -0.15) is 0 Å². The lowest BCUT2D eigenvalue weighted by molar-refractivity contribution is -0.122. The van der Waals surface area contributed by atoms with Crippen LogP contribution in [0.5, 0.6) is 0 Å². The molecule has 146 valence electrons. The van der Waals surface area contributed by atoms with Gasteiger partial charge >= 0.3 is 0 Å². The molecule has 2 N–H and O–H groups in total. The maximum Gasteiger partial charge on any atom is 0.290 e. The number of fused-ring (bicyclic) bond motifs is 1. The number of hydrogen-bond donors (Lipinski definition) is 1. The Kier molecular flexibility index (Phi) is 4.76. The van der Waals surface area contributed by atoms with Gasteiger partial charge in [-0.25, -0.2) is 0 Å². The zero-order valence-corrected chi connectivity index (χ0v) is 15.9. The second kappa shape index (κ2) is 7.39. The number of carbonyl (C=O) groups excluding carboxylic acids is 3. The monoisotopic (exact) mass is 388 g/mol. The molecule has 1 aliphatic heterocycles. The van der Waals surface area contributed by atoms with Crippen LogP contribution in [-0.2, 0) is 17.8 Å². The molecule has 1 unspecified atom stereocenters. The van der Waals surface area contributed by atoms with Gasteiger partial charge < -0.3 is 15.1 Å². The van der Waals surface area contributed by atoms with Crippen LogP contribution in [0.2, 0.25) is 0 Å². The minimum Gasteiger partial charge on any atom is -0.451 e. The average Bonchev–Trinajstić information content (AvgIpc) is 3.22. The molecule has 1 atom stereocenters. The zero-order chi connectivity index (χ0) is 20.5. The highest BCUT2D eigenvalue weighted by atomic mass is 16.4. The first-order chi connectivity index (χ1) is 13.9. The molecule has 0 saturated carbocycles. The van der Waals surface area contributed by atoms with E-state index in [4.69, 9.17) is 10.2 Å². The van der Waals surface area contributed by atoms with Crippen molar-refractivity contribution < 1.29 is 18.8 Å². The largest absolute Gasteiger partial charge is 0.451 e. The number of benzene rings is 2. The van der Waals surface area contributed by atoms with Crippen LogP contribution in [0.1, 0.15) is 39.0 Å². The van der Waals surface area contributed by atoms with Gasteiger partial charge in [-0.05, 0) is 30.2 Å². The number of primary amides is 1. The van der Waals surface area contributed by atoms with E-state index >= 15 is 0 Å². The molecule has 3 aromatic rings. The molecule has 0 spiro atoms. The van der Waals surface area contributed by atoms with Gasteiger partial charge in [-0.3, -0.25) is 14.4 Å². The summed E-state index contributed by atoms with van der Waals surface area (Å²) in [6.07, 6.45) is 0.386. The van der Waals surface area contributed by atoms with Crippen LogP contribution in [0.25, 0.3) is 11.3 Å². The van der Waals surface area contributed by atoms with Crippen LogP contribution in [0.4, 0.5) is 0 Å². The third-order valence-corrected chi connectivity index (χ3v) is 5.23. The van der Waals surface area contributed by atoms with Crippen molar-refractivity contribution >= 4 is 17.6 Å². The smallest absolute Gasteiger partial charge is 0.290 e. The summed E-state index contributed by atoms with van der Waals surface area (Å²) in [6.45, 7) is 1.80. The molecule has 2 heterocycles. The van der Waals surface area contributed by atoms with Gasteiger partial charge in [0.1, 0.15) is 11.8 Å². The van der Waals surface area contributed by atoms with Crippen molar-refractivity contribution in [1.29, 1.82) is 0 Å². The average molecular weight is 388 g/mol. The highest BCUT2D eigenvalue weighted by molar-refractivity contribution is 5.96.